The molecule has 0 bridgehead atoms. The van der Waals surface area contributed by atoms with Gasteiger partial charge in [0.15, 0.2) is 5.96 Å². The number of hydrogen-bond acceptors (Lipinski definition) is 3. The Morgan fingerprint density at radius 3 is 3.15 bits per heavy atom. The second-order valence-corrected chi connectivity index (χ2v) is 4.90. The number of nitrogens with zero attached hydrogens (tertiary/aromatic N) is 3. The SMILES string of the molecule is COCC(C)NC(N)=NCc1cn2ccc(C)cc2n1. The lowest BCUT2D eigenvalue weighted by Gasteiger charge is -2.12. The van der Waals surface area contributed by atoms with Crippen molar-refractivity contribution in [2.75, 3.05) is 13.7 Å². The highest BCUT2D eigenvalue weighted by atomic mass is 16.5. The Labute approximate surface area is 118 Å². The number of fused-ring (bicyclic) bond motifs is 1. The van der Waals surface area contributed by atoms with E-state index < -0.39 is 0 Å². The molecular formula is C14H21N5O. The number of aromatic nitrogens is 2. The van der Waals surface area contributed by atoms with E-state index in [9.17, 15) is 0 Å². The molecule has 2 heterocycles. The molecule has 0 aromatic carbocycles. The van der Waals surface area contributed by atoms with Gasteiger partial charge in [0.05, 0.1) is 18.8 Å². The number of pyridine rings is 1. The molecule has 20 heavy (non-hydrogen) atoms. The minimum atomic E-state index is 0.132. The van der Waals surface area contributed by atoms with Crippen LogP contribution in [0.5, 0.6) is 0 Å². The maximum Gasteiger partial charge on any atom is 0.189 e. The van der Waals surface area contributed by atoms with Crippen LogP contribution in [0.2, 0.25) is 0 Å². The van der Waals surface area contributed by atoms with Gasteiger partial charge in [0, 0.05) is 25.5 Å². The van der Waals surface area contributed by atoms with Crippen LogP contribution in [0.25, 0.3) is 5.65 Å². The topological polar surface area (TPSA) is 76.9 Å². The van der Waals surface area contributed by atoms with Crippen LogP contribution >= 0.6 is 0 Å². The molecule has 0 aliphatic rings. The summed E-state index contributed by atoms with van der Waals surface area (Å²) in [5.74, 6) is 0.405. The second kappa shape index (κ2) is 6.38. The maximum atomic E-state index is 5.82. The number of imidazole rings is 1. The number of rotatable bonds is 5. The molecule has 0 spiro atoms. The summed E-state index contributed by atoms with van der Waals surface area (Å²) < 4.78 is 7.01. The van der Waals surface area contributed by atoms with Crippen molar-refractivity contribution in [2.45, 2.75) is 26.4 Å². The number of aryl methyl sites for hydroxylation is 1. The first-order valence-electron chi connectivity index (χ1n) is 6.58. The van der Waals surface area contributed by atoms with Crippen LogP contribution in [0, 0.1) is 6.92 Å². The molecule has 0 fully saturated rings. The zero-order valence-corrected chi connectivity index (χ0v) is 12.1. The maximum absolute atomic E-state index is 5.82. The highest BCUT2D eigenvalue weighted by Gasteiger charge is 2.03. The van der Waals surface area contributed by atoms with E-state index in [2.05, 4.69) is 15.3 Å². The van der Waals surface area contributed by atoms with E-state index in [0.29, 0.717) is 19.1 Å². The molecular weight excluding hydrogens is 254 g/mol. The van der Waals surface area contributed by atoms with Crippen molar-refractivity contribution in [3.05, 3.63) is 35.8 Å². The fourth-order valence-electron chi connectivity index (χ4n) is 1.97. The average Bonchev–Trinajstić information content (AvgIpc) is 2.78. The second-order valence-electron chi connectivity index (χ2n) is 4.90. The quantitative estimate of drug-likeness (QED) is 0.632. The first-order chi connectivity index (χ1) is 9.58. The van der Waals surface area contributed by atoms with Gasteiger partial charge >= 0.3 is 0 Å². The Hall–Kier alpha value is -2.08. The molecule has 0 radical (unpaired) electrons. The van der Waals surface area contributed by atoms with Gasteiger partial charge in [-0.05, 0) is 31.5 Å². The molecule has 2 aromatic rings. The Bertz CT molecular complexity index is 605. The van der Waals surface area contributed by atoms with E-state index in [1.165, 1.54) is 5.56 Å². The third-order valence-corrected chi connectivity index (χ3v) is 2.89. The molecule has 2 rings (SSSR count). The predicted octanol–water partition coefficient (Wildman–Crippen LogP) is 1.08. The molecule has 0 amide bonds. The molecule has 0 aliphatic heterocycles. The Kier molecular flexibility index (Phi) is 4.57. The van der Waals surface area contributed by atoms with Crippen LogP contribution in [0.4, 0.5) is 0 Å². The summed E-state index contributed by atoms with van der Waals surface area (Å²) in [5, 5.41) is 3.06. The number of guanidine groups is 1. The van der Waals surface area contributed by atoms with Crippen LogP contribution in [-0.2, 0) is 11.3 Å². The summed E-state index contributed by atoms with van der Waals surface area (Å²) in [5.41, 5.74) is 8.82. The number of nitrogens with one attached hydrogen (secondary N) is 1. The Morgan fingerprint density at radius 2 is 2.40 bits per heavy atom. The summed E-state index contributed by atoms with van der Waals surface area (Å²) in [6, 6.07) is 4.21. The van der Waals surface area contributed by atoms with Gasteiger partial charge in [0.2, 0.25) is 0 Å². The van der Waals surface area contributed by atoms with Crippen molar-refractivity contribution in [2.24, 2.45) is 10.7 Å². The van der Waals surface area contributed by atoms with Crippen LogP contribution in [0.3, 0.4) is 0 Å². The summed E-state index contributed by atoms with van der Waals surface area (Å²) in [6.07, 6.45) is 3.96. The van der Waals surface area contributed by atoms with Crippen LogP contribution in [-0.4, -0.2) is 35.1 Å². The van der Waals surface area contributed by atoms with Crippen LogP contribution < -0.4 is 11.1 Å². The van der Waals surface area contributed by atoms with Gasteiger partial charge in [-0.15, -0.1) is 0 Å². The summed E-state index contributed by atoms with van der Waals surface area (Å²) in [4.78, 5) is 8.80. The van der Waals surface area contributed by atoms with Gasteiger partial charge < -0.3 is 20.2 Å². The number of aliphatic imine (C=N–C) groups is 1. The van der Waals surface area contributed by atoms with Crippen molar-refractivity contribution in [1.29, 1.82) is 0 Å². The lowest BCUT2D eigenvalue weighted by atomic mass is 10.3. The number of methoxy groups -OCH3 is 1. The summed E-state index contributed by atoms with van der Waals surface area (Å²) >= 11 is 0. The smallest absolute Gasteiger partial charge is 0.189 e. The molecule has 6 heteroatoms. The van der Waals surface area contributed by atoms with Crippen LogP contribution in [0.1, 0.15) is 18.2 Å². The summed E-state index contributed by atoms with van der Waals surface area (Å²) in [7, 11) is 1.66. The number of nitrogens with two attached hydrogens (primary N) is 1. The fraction of sp³-hybridized carbons (Fsp3) is 0.429. The molecule has 0 saturated carbocycles. The van der Waals surface area contributed by atoms with Crippen molar-refractivity contribution in [3.8, 4) is 0 Å². The Morgan fingerprint density at radius 1 is 1.60 bits per heavy atom. The molecule has 108 valence electrons. The van der Waals surface area contributed by atoms with E-state index in [1.54, 1.807) is 7.11 Å². The van der Waals surface area contributed by atoms with Crippen molar-refractivity contribution < 1.29 is 4.74 Å². The van der Waals surface area contributed by atoms with E-state index in [4.69, 9.17) is 10.5 Å². The van der Waals surface area contributed by atoms with Crippen molar-refractivity contribution in [1.82, 2.24) is 14.7 Å². The standard InChI is InChI=1S/C14H21N5O/c1-10-4-5-19-8-12(18-13(19)6-10)7-16-14(15)17-11(2)9-20-3/h4-6,8,11H,7,9H2,1-3H3,(H3,15,16,17). The molecule has 2 aromatic heterocycles. The van der Waals surface area contributed by atoms with E-state index in [-0.39, 0.29) is 6.04 Å². The monoisotopic (exact) mass is 275 g/mol. The van der Waals surface area contributed by atoms with Gasteiger partial charge in [-0.25, -0.2) is 9.98 Å². The Balaban J connectivity index is 2.01. The van der Waals surface area contributed by atoms with E-state index in [1.807, 2.05) is 42.8 Å². The molecule has 6 nitrogen and oxygen atoms in total. The highest BCUT2D eigenvalue weighted by molar-refractivity contribution is 5.78. The number of ether oxygens (including phenoxy) is 1. The number of hydrogen-bond donors (Lipinski definition) is 2. The highest BCUT2D eigenvalue weighted by Crippen LogP contribution is 2.08. The lowest BCUT2D eigenvalue weighted by Crippen LogP contribution is -2.40. The molecule has 0 aliphatic carbocycles. The molecule has 1 atom stereocenters. The van der Waals surface area contributed by atoms with Gasteiger partial charge in [0.1, 0.15) is 5.65 Å². The fourth-order valence-corrected chi connectivity index (χ4v) is 1.97. The first-order valence-corrected chi connectivity index (χ1v) is 6.58. The third-order valence-electron chi connectivity index (χ3n) is 2.89. The van der Waals surface area contributed by atoms with Crippen molar-refractivity contribution >= 4 is 11.6 Å². The normalized spacial score (nSPS) is 13.7. The third kappa shape index (κ3) is 3.71. The predicted molar refractivity (Wildman–Crippen MR) is 79.7 cm³/mol. The molecule has 3 N–H and O–H groups in total. The molecule has 0 saturated heterocycles. The van der Waals surface area contributed by atoms with Gasteiger partial charge in [0.25, 0.3) is 0 Å². The van der Waals surface area contributed by atoms with E-state index >= 15 is 0 Å². The molecule has 1 unspecified atom stereocenters. The largest absolute Gasteiger partial charge is 0.383 e. The minimum Gasteiger partial charge on any atom is -0.383 e. The average molecular weight is 275 g/mol. The van der Waals surface area contributed by atoms with Gasteiger partial charge in [-0.3, -0.25) is 0 Å². The minimum absolute atomic E-state index is 0.132. The van der Waals surface area contributed by atoms with E-state index in [0.717, 1.165) is 11.3 Å². The zero-order chi connectivity index (χ0) is 14.5. The van der Waals surface area contributed by atoms with Crippen molar-refractivity contribution in [3.63, 3.8) is 0 Å². The van der Waals surface area contributed by atoms with Gasteiger partial charge in [-0.1, -0.05) is 0 Å². The van der Waals surface area contributed by atoms with Crippen LogP contribution in [0.15, 0.2) is 29.5 Å². The lowest BCUT2D eigenvalue weighted by molar-refractivity contribution is 0.179. The first kappa shape index (κ1) is 14.3. The zero-order valence-electron chi connectivity index (χ0n) is 12.1. The summed E-state index contributed by atoms with van der Waals surface area (Å²) in [6.45, 7) is 5.08. The van der Waals surface area contributed by atoms with Gasteiger partial charge in [-0.2, -0.15) is 0 Å².